The van der Waals surface area contributed by atoms with E-state index in [0.29, 0.717) is 22.9 Å². The minimum Gasteiger partial charge on any atom is -0.455 e. The molecule has 0 spiro atoms. The Labute approximate surface area is 380 Å². The van der Waals surface area contributed by atoms with Gasteiger partial charge in [-0.25, -0.2) is 15.0 Å². The van der Waals surface area contributed by atoms with Crippen LogP contribution in [0.3, 0.4) is 0 Å². The minimum atomic E-state index is 0.337. The van der Waals surface area contributed by atoms with Crippen LogP contribution in [0.2, 0.25) is 0 Å². The van der Waals surface area contributed by atoms with Crippen LogP contribution in [0.15, 0.2) is 179 Å². The van der Waals surface area contributed by atoms with Gasteiger partial charge in [0.2, 0.25) is 0 Å². The average molecular weight is 850 g/mol. The fourth-order valence-electron chi connectivity index (χ4n) is 13.4. The van der Waals surface area contributed by atoms with E-state index in [1.807, 2.05) is 6.07 Å². The summed E-state index contributed by atoms with van der Waals surface area (Å²) in [7, 11) is 0. The molecule has 12 aromatic rings. The third-order valence-corrected chi connectivity index (χ3v) is 15.8. The van der Waals surface area contributed by atoms with Crippen molar-refractivity contribution < 1.29 is 8.83 Å². The van der Waals surface area contributed by atoms with Gasteiger partial charge in [0.25, 0.3) is 0 Å². The van der Waals surface area contributed by atoms with Crippen LogP contribution < -0.4 is 0 Å². The highest BCUT2D eigenvalue weighted by Gasteiger charge is 2.51. The Morgan fingerprint density at radius 3 is 1.67 bits per heavy atom. The highest BCUT2D eigenvalue weighted by Crippen LogP contribution is 2.61. The van der Waals surface area contributed by atoms with E-state index >= 15 is 0 Å². The molecule has 5 heteroatoms. The maximum Gasteiger partial charge on any atom is 0.167 e. The molecular formula is C61H43N3O2. The van der Waals surface area contributed by atoms with Gasteiger partial charge in [0.05, 0.1) is 11.1 Å². The topological polar surface area (TPSA) is 65.0 Å². The zero-order chi connectivity index (χ0) is 43.1. The van der Waals surface area contributed by atoms with Crippen molar-refractivity contribution in [2.24, 2.45) is 17.8 Å². The molecule has 0 amide bonds. The van der Waals surface area contributed by atoms with E-state index in [1.54, 1.807) is 0 Å². The molecule has 0 saturated heterocycles. The zero-order valence-electron chi connectivity index (χ0n) is 36.3. The lowest BCUT2D eigenvalue weighted by Crippen LogP contribution is -2.48. The average Bonchev–Trinajstić information content (AvgIpc) is 3.95. The summed E-state index contributed by atoms with van der Waals surface area (Å²) in [6, 6.07) is 60.8. The summed E-state index contributed by atoms with van der Waals surface area (Å²) >= 11 is 0. The first-order valence-electron chi connectivity index (χ1n) is 23.7. The molecule has 5 nitrogen and oxygen atoms in total. The summed E-state index contributed by atoms with van der Waals surface area (Å²) in [5.74, 6) is 4.37. The Morgan fingerprint density at radius 2 is 0.939 bits per heavy atom. The van der Waals surface area contributed by atoms with Crippen LogP contribution in [0.4, 0.5) is 0 Å². The summed E-state index contributed by atoms with van der Waals surface area (Å²) in [5.41, 5.74) is 9.88. The molecule has 0 aliphatic heterocycles. The van der Waals surface area contributed by atoms with Crippen LogP contribution >= 0.6 is 0 Å². The third kappa shape index (κ3) is 5.43. The molecule has 16 rings (SSSR count). The molecule has 314 valence electrons. The first kappa shape index (κ1) is 36.7. The number of benzene rings is 9. The summed E-state index contributed by atoms with van der Waals surface area (Å²) in [5, 5.41) is 11.0. The first-order valence-corrected chi connectivity index (χ1v) is 23.7. The maximum absolute atomic E-state index is 6.97. The minimum absolute atomic E-state index is 0.337. The number of hydrogen-bond acceptors (Lipinski definition) is 5. The Morgan fingerprint density at radius 1 is 0.379 bits per heavy atom. The quantitative estimate of drug-likeness (QED) is 0.173. The number of nitrogens with zero attached hydrogens (tertiary/aromatic N) is 3. The summed E-state index contributed by atoms with van der Waals surface area (Å²) in [6.45, 7) is 0. The normalized spacial score (nSPS) is 20.3. The predicted molar refractivity (Wildman–Crippen MR) is 268 cm³/mol. The maximum atomic E-state index is 6.97. The van der Waals surface area contributed by atoms with Gasteiger partial charge in [-0.3, -0.25) is 0 Å². The molecule has 0 unspecified atom stereocenters. The fraction of sp³-hybridized carbons (Fsp3) is 0.164. The van der Waals surface area contributed by atoms with Crippen molar-refractivity contribution in [2.75, 3.05) is 0 Å². The molecule has 0 atom stereocenters. The van der Waals surface area contributed by atoms with Crippen molar-refractivity contribution >= 4 is 76.2 Å². The lowest BCUT2D eigenvalue weighted by atomic mass is 9.48. The van der Waals surface area contributed by atoms with Gasteiger partial charge in [0.1, 0.15) is 22.3 Å². The van der Waals surface area contributed by atoms with Gasteiger partial charge >= 0.3 is 0 Å². The second-order valence-corrected chi connectivity index (χ2v) is 19.7. The fourth-order valence-corrected chi connectivity index (χ4v) is 13.4. The number of fused-ring (bicyclic) bond motifs is 11. The van der Waals surface area contributed by atoms with Crippen LogP contribution in [0.25, 0.3) is 121 Å². The molecule has 4 saturated carbocycles. The van der Waals surface area contributed by atoms with Crippen molar-refractivity contribution in [3.8, 4) is 45.3 Å². The summed E-state index contributed by atoms with van der Waals surface area (Å²) in [6.07, 6.45) is 8.39. The number of rotatable bonds is 5. The molecule has 3 aromatic heterocycles. The number of hydrogen-bond donors (Lipinski definition) is 0. The lowest BCUT2D eigenvalue weighted by molar-refractivity contribution is -0.00518. The first-order chi connectivity index (χ1) is 32.6. The lowest BCUT2D eigenvalue weighted by Gasteiger charge is -2.57. The van der Waals surface area contributed by atoms with Gasteiger partial charge < -0.3 is 8.83 Å². The van der Waals surface area contributed by atoms with Crippen molar-refractivity contribution in [2.45, 2.75) is 43.9 Å². The Kier molecular flexibility index (Phi) is 7.61. The van der Waals surface area contributed by atoms with Crippen LogP contribution in [0.1, 0.15) is 44.1 Å². The van der Waals surface area contributed by atoms with E-state index in [4.69, 9.17) is 23.8 Å². The molecule has 4 aliphatic carbocycles. The van der Waals surface area contributed by atoms with E-state index in [-0.39, 0.29) is 0 Å². The van der Waals surface area contributed by atoms with E-state index < -0.39 is 0 Å². The standard InChI is InChI=1S/C61H43N3O2/c1-4-14-44-39(10-1)13-9-18-48(44)58-62-59(64-60(63-58)51-29-41-12-3-6-16-46(41)55-54-45-15-5-2-11-40(45)22-25-53(54)66-57(51)55)50-31-42(30-49-47-17-7-8-19-52(47)65-56(49)50)38-20-23-43(24-21-38)61-32-35-26-36(33-61)28-37(27-35)34-61/h1-25,29-31,35-37H,26-28,32-34H2. The molecule has 9 aromatic carbocycles. The summed E-state index contributed by atoms with van der Waals surface area (Å²) < 4.78 is 13.8. The van der Waals surface area contributed by atoms with Gasteiger partial charge in [-0.2, -0.15) is 0 Å². The second kappa shape index (κ2) is 13.7. The number of para-hydroxylation sites is 1. The van der Waals surface area contributed by atoms with Crippen molar-refractivity contribution in [3.63, 3.8) is 0 Å². The van der Waals surface area contributed by atoms with Gasteiger partial charge in [0, 0.05) is 27.1 Å². The predicted octanol–water partition coefficient (Wildman–Crippen LogP) is 16.3. The smallest absolute Gasteiger partial charge is 0.167 e. The molecule has 0 radical (unpaired) electrons. The molecule has 4 bridgehead atoms. The molecule has 0 N–H and O–H groups in total. The second-order valence-electron chi connectivity index (χ2n) is 19.7. The third-order valence-electron chi connectivity index (χ3n) is 15.8. The number of furan rings is 2. The Bertz CT molecular complexity index is 3950. The number of aromatic nitrogens is 3. The van der Waals surface area contributed by atoms with Crippen LogP contribution in [-0.4, -0.2) is 15.0 Å². The highest BCUT2D eigenvalue weighted by molar-refractivity contribution is 6.28. The monoisotopic (exact) mass is 849 g/mol. The SMILES string of the molecule is c1ccc2c(-c3nc(-c4cc(-c5ccc(C67CC8CC(CC(C8)C6)C7)cc5)cc5c4oc4ccccc45)nc(-c4cc5ccccc5c5c4oc4ccc6ccccc6c45)n3)cccc2c1. The van der Waals surface area contributed by atoms with Gasteiger partial charge in [0.15, 0.2) is 17.5 Å². The van der Waals surface area contributed by atoms with Gasteiger partial charge in [-0.15, -0.1) is 0 Å². The molecule has 4 aliphatic rings. The van der Waals surface area contributed by atoms with E-state index in [1.165, 1.54) is 55.0 Å². The van der Waals surface area contributed by atoms with E-state index in [9.17, 15) is 0 Å². The van der Waals surface area contributed by atoms with Crippen molar-refractivity contribution in [3.05, 3.63) is 175 Å². The highest BCUT2D eigenvalue weighted by atomic mass is 16.3. The summed E-state index contributed by atoms with van der Waals surface area (Å²) in [4.78, 5) is 16.4. The molecular weight excluding hydrogens is 807 g/mol. The Balaban J connectivity index is 0.986. The van der Waals surface area contributed by atoms with E-state index in [0.717, 1.165) is 111 Å². The van der Waals surface area contributed by atoms with E-state index in [2.05, 4.69) is 164 Å². The largest absolute Gasteiger partial charge is 0.455 e. The van der Waals surface area contributed by atoms with Gasteiger partial charge in [-0.1, -0.05) is 140 Å². The Hall–Kier alpha value is -7.63. The van der Waals surface area contributed by atoms with Crippen molar-refractivity contribution in [1.29, 1.82) is 0 Å². The van der Waals surface area contributed by atoms with Gasteiger partial charge in [-0.05, 0) is 141 Å². The zero-order valence-corrected chi connectivity index (χ0v) is 36.3. The molecule has 3 heterocycles. The molecule has 66 heavy (non-hydrogen) atoms. The van der Waals surface area contributed by atoms with Crippen molar-refractivity contribution in [1.82, 2.24) is 15.0 Å². The molecule has 4 fully saturated rings. The van der Waals surface area contributed by atoms with Crippen LogP contribution in [-0.2, 0) is 5.41 Å². The van der Waals surface area contributed by atoms with Crippen LogP contribution in [0, 0.1) is 17.8 Å². The van der Waals surface area contributed by atoms with Crippen LogP contribution in [0.5, 0.6) is 0 Å².